The van der Waals surface area contributed by atoms with Gasteiger partial charge in [-0.05, 0) is 31.2 Å². The van der Waals surface area contributed by atoms with E-state index < -0.39 is 0 Å². The maximum Gasteiger partial charge on any atom is 0.223 e. The Kier molecular flexibility index (Phi) is 4.93. The van der Waals surface area contributed by atoms with Gasteiger partial charge in [-0.2, -0.15) is 0 Å². The standard InChI is InChI=1S/C12H14ClN5S/c1-3-5-14-11-16-7-9(13)10(18-11)19-12-15-6-4-8(2)17-12/h4,6-7H,3,5H2,1-2H3,(H,14,16,18). The van der Waals surface area contributed by atoms with Crippen molar-refractivity contribution in [1.82, 2.24) is 19.9 Å². The lowest BCUT2D eigenvalue weighted by Crippen LogP contribution is -2.04. The van der Waals surface area contributed by atoms with Crippen molar-refractivity contribution in [3.05, 3.63) is 29.2 Å². The number of halogens is 1. The zero-order valence-corrected chi connectivity index (χ0v) is 12.3. The van der Waals surface area contributed by atoms with Crippen LogP contribution in [0.4, 0.5) is 5.95 Å². The summed E-state index contributed by atoms with van der Waals surface area (Å²) in [6, 6.07) is 1.85. The first-order valence-corrected chi connectivity index (χ1v) is 7.12. The Hall–Kier alpha value is -1.40. The third kappa shape index (κ3) is 4.04. The number of nitrogens with one attached hydrogen (secondary N) is 1. The fraction of sp³-hybridized carbons (Fsp3) is 0.333. The molecule has 2 heterocycles. The highest BCUT2D eigenvalue weighted by Gasteiger charge is 2.09. The van der Waals surface area contributed by atoms with Gasteiger partial charge in [-0.3, -0.25) is 0 Å². The van der Waals surface area contributed by atoms with Gasteiger partial charge >= 0.3 is 0 Å². The van der Waals surface area contributed by atoms with Crippen LogP contribution in [0.3, 0.4) is 0 Å². The Bertz CT molecular complexity index is 564. The number of aryl methyl sites for hydroxylation is 1. The van der Waals surface area contributed by atoms with Crippen molar-refractivity contribution < 1.29 is 0 Å². The van der Waals surface area contributed by atoms with Crippen LogP contribution in [-0.4, -0.2) is 26.5 Å². The highest BCUT2D eigenvalue weighted by Crippen LogP contribution is 2.29. The van der Waals surface area contributed by atoms with Gasteiger partial charge in [0.1, 0.15) is 5.03 Å². The SMILES string of the molecule is CCCNc1ncc(Cl)c(Sc2nccc(C)n2)n1. The minimum absolute atomic E-state index is 0.497. The molecule has 0 aromatic carbocycles. The summed E-state index contributed by atoms with van der Waals surface area (Å²) in [4.78, 5) is 17.0. The summed E-state index contributed by atoms with van der Waals surface area (Å²) < 4.78 is 0. The van der Waals surface area contributed by atoms with Crippen LogP contribution in [0.15, 0.2) is 28.6 Å². The molecular formula is C12H14ClN5S. The second-order valence-electron chi connectivity index (χ2n) is 3.86. The van der Waals surface area contributed by atoms with Crippen molar-refractivity contribution in [3.63, 3.8) is 0 Å². The lowest BCUT2D eigenvalue weighted by Gasteiger charge is -2.06. The summed E-state index contributed by atoms with van der Waals surface area (Å²) in [5, 5.41) is 4.90. The molecule has 0 amide bonds. The van der Waals surface area contributed by atoms with Crippen LogP contribution in [0.5, 0.6) is 0 Å². The molecule has 0 saturated heterocycles. The van der Waals surface area contributed by atoms with Crippen LogP contribution < -0.4 is 5.32 Å². The van der Waals surface area contributed by atoms with Crippen molar-refractivity contribution in [2.24, 2.45) is 0 Å². The summed E-state index contributed by atoms with van der Waals surface area (Å²) in [6.45, 7) is 4.83. The van der Waals surface area contributed by atoms with Crippen LogP contribution in [0.25, 0.3) is 0 Å². The first kappa shape index (κ1) is 14.0. The van der Waals surface area contributed by atoms with Gasteiger partial charge in [0.15, 0.2) is 5.16 Å². The van der Waals surface area contributed by atoms with E-state index in [0.29, 0.717) is 21.2 Å². The van der Waals surface area contributed by atoms with E-state index in [1.165, 1.54) is 11.8 Å². The Balaban J connectivity index is 2.19. The van der Waals surface area contributed by atoms with Gasteiger partial charge in [0.25, 0.3) is 0 Å². The van der Waals surface area contributed by atoms with Crippen LogP contribution >= 0.6 is 23.4 Å². The number of anilines is 1. The van der Waals surface area contributed by atoms with Gasteiger partial charge in [0, 0.05) is 18.4 Å². The molecule has 2 rings (SSSR count). The Morgan fingerprint density at radius 1 is 1.32 bits per heavy atom. The Morgan fingerprint density at radius 2 is 2.16 bits per heavy atom. The maximum atomic E-state index is 6.09. The van der Waals surface area contributed by atoms with Crippen molar-refractivity contribution in [2.45, 2.75) is 30.5 Å². The van der Waals surface area contributed by atoms with Crippen molar-refractivity contribution in [3.8, 4) is 0 Å². The lowest BCUT2D eigenvalue weighted by molar-refractivity contribution is 0.916. The van der Waals surface area contributed by atoms with E-state index in [-0.39, 0.29) is 0 Å². The topological polar surface area (TPSA) is 63.6 Å². The second kappa shape index (κ2) is 6.68. The van der Waals surface area contributed by atoms with Crippen LogP contribution in [0.1, 0.15) is 19.0 Å². The molecule has 1 N–H and O–H groups in total. The summed E-state index contributed by atoms with van der Waals surface area (Å²) in [6.07, 6.45) is 4.32. The van der Waals surface area contributed by atoms with Gasteiger partial charge in [0.05, 0.1) is 11.2 Å². The van der Waals surface area contributed by atoms with Gasteiger partial charge in [-0.1, -0.05) is 18.5 Å². The first-order valence-electron chi connectivity index (χ1n) is 5.93. The molecule has 5 nitrogen and oxygen atoms in total. The van der Waals surface area contributed by atoms with E-state index >= 15 is 0 Å². The largest absolute Gasteiger partial charge is 0.354 e. The molecule has 2 aromatic heterocycles. The second-order valence-corrected chi connectivity index (χ2v) is 5.22. The van der Waals surface area contributed by atoms with E-state index in [0.717, 1.165) is 18.7 Å². The van der Waals surface area contributed by atoms with Crippen LogP contribution in [0, 0.1) is 6.92 Å². The molecule has 0 radical (unpaired) electrons. The van der Waals surface area contributed by atoms with Crippen LogP contribution in [-0.2, 0) is 0 Å². The van der Waals surface area contributed by atoms with E-state index in [1.807, 2.05) is 13.0 Å². The summed E-state index contributed by atoms with van der Waals surface area (Å²) >= 11 is 7.42. The number of rotatable bonds is 5. The molecular weight excluding hydrogens is 282 g/mol. The number of hydrogen-bond acceptors (Lipinski definition) is 6. The highest BCUT2D eigenvalue weighted by molar-refractivity contribution is 7.99. The fourth-order valence-electron chi connectivity index (χ4n) is 1.31. The van der Waals surface area contributed by atoms with E-state index in [1.54, 1.807) is 12.4 Å². The molecule has 100 valence electrons. The van der Waals surface area contributed by atoms with Crippen molar-refractivity contribution in [2.75, 3.05) is 11.9 Å². The molecule has 7 heteroatoms. The van der Waals surface area contributed by atoms with Gasteiger partial charge in [-0.25, -0.2) is 19.9 Å². The van der Waals surface area contributed by atoms with E-state index in [2.05, 4.69) is 32.2 Å². The predicted octanol–water partition coefficient (Wildman–Crippen LogP) is 3.20. The fourth-order valence-corrected chi connectivity index (χ4v) is 2.27. The molecule has 0 aliphatic heterocycles. The minimum atomic E-state index is 0.497. The van der Waals surface area contributed by atoms with E-state index in [4.69, 9.17) is 11.6 Å². The lowest BCUT2D eigenvalue weighted by atomic mass is 10.5. The van der Waals surface area contributed by atoms with Crippen molar-refractivity contribution in [1.29, 1.82) is 0 Å². The zero-order chi connectivity index (χ0) is 13.7. The normalized spacial score (nSPS) is 10.5. The van der Waals surface area contributed by atoms with Crippen LogP contribution in [0.2, 0.25) is 5.02 Å². The smallest absolute Gasteiger partial charge is 0.223 e. The van der Waals surface area contributed by atoms with Gasteiger partial charge in [-0.15, -0.1) is 0 Å². The quantitative estimate of drug-likeness (QED) is 0.675. The zero-order valence-electron chi connectivity index (χ0n) is 10.7. The molecule has 19 heavy (non-hydrogen) atoms. The minimum Gasteiger partial charge on any atom is -0.354 e. The molecule has 0 bridgehead atoms. The van der Waals surface area contributed by atoms with Gasteiger partial charge < -0.3 is 5.32 Å². The summed E-state index contributed by atoms with van der Waals surface area (Å²) in [5.74, 6) is 0.571. The molecule has 0 aliphatic rings. The average molecular weight is 296 g/mol. The molecule has 0 aliphatic carbocycles. The van der Waals surface area contributed by atoms with Gasteiger partial charge in [0.2, 0.25) is 5.95 Å². The molecule has 0 saturated carbocycles. The third-order valence-electron chi connectivity index (χ3n) is 2.21. The van der Waals surface area contributed by atoms with Crippen molar-refractivity contribution >= 4 is 29.3 Å². The summed E-state index contributed by atoms with van der Waals surface area (Å²) in [7, 11) is 0. The molecule has 0 atom stereocenters. The first-order chi connectivity index (χ1) is 9.19. The number of nitrogens with zero attached hydrogens (tertiary/aromatic N) is 4. The molecule has 0 spiro atoms. The third-order valence-corrected chi connectivity index (χ3v) is 3.48. The Morgan fingerprint density at radius 3 is 2.89 bits per heavy atom. The number of aromatic nitrogens is 4. The molecule has 0 unspecified atom stereocenters. The maximum absolute atomic E-state index is 6.09. The molecule has 0 fully saturated rings. The Labute approximate surface area is 121 Å². The highest BCUT2D eigenvalue weighted by atomic mass is 35.5. The average Bonchev–Trinajstić information content (AvgIpc) is 2.40. The number of hydrogen-bond donors (Lipinski definition) is 1. The predicted molar refractivity (Wildman–Crippen MR) is 76.7 cm³/mol. The monoisotopic (exact) mass is 295 g/mol. The molecule has 2 aromatic rings. The van der Waals surface area contributed by atoms with E-state index in [9.17, 15) is 0 Å². The summed E-state index contributed by atoms with van der Waals surface area (Å²) in [5.41, 5.74) is 0.909.